The number of furan rings is 1. The van der Waals surface area contributed by atoms with Crippen LogP contribution in [0.1, 0.15) is 16.1 Å². The molecule has 144 valence electrons. The Morgan fingerprint density at radius 2 is 1.83 bits per heavy atom. The van der Waals surface area contributed by atoms with Gasteiger partial charge < -0.3 is 9.15 Å². The summed E-state index contributed by atoms with van der Waals surface area (Å²) in [6, 6.07) is 19.0. The summed E-state index contributed by atoms with van der Waals surface area (Å²) in [7, 11) is 1.31. The van der Waals surface area contributed by atoms with Crippen LogP contribution in [-0.2, 0) is 14.3 Å². The second-order valence-corrected chi connectivity index (χ2v) is 6.25. The molecule has 4 rings (SSSR count). The molecule has 2 aromatic carbocycles. The van der Waals surface area contributed by atoms with E-state index in [0.717, 1.165) is 0 Å². The zero-order valence-corrected chi connectivity index (χ0v) is 15.4. The number of anilines is 1. The maximum atomic E-state index is 12.6. The Morgan fingerprint density at radius 3 is 2.59 bits per heavy atom. The number of hydrogen-bond donors (Lipinski definition) is 1. The fraction of sp³-hybridized carbons (Fsp3) is 0.0455. The van der Waals surface area contributed by atoms with Crippen LogP contribution in [0.4, 0.5) is 5.69 Å². The Morgan fingerprint density at radius 1 is 1.03 bits per heavy atom. The number of benzene rings is 2. The maximum Gasteiger partial charge on any atom is 0.337 e. The van der Waals surface area contributed by atoms with Crippen molar-refractivity contribution in [1.82, 2.24) is 5.43 Å². The van der Waals surface area contributed by atoms with Crippen molar-refractivity contribution in [1.29, 1.82) is 0 Å². The molecule has 0 bridgehead atoms. The predicted octanol–water partition coefficient (Wildman–Crippen LogP) is 3.19. The minimum Gasteiger partial charge on any atom is -0.465 e. The largest absolute Gasteiger partial charge is 0.465 e. The van der Waals surface area contributed by atoms with Gasteiger partial charge in [0.1, 0.15) is 17.1 Å². The van der Waals surface area contributed by atoms with Crippen molar-refractivity contribution in [3.8, 4) is 11.3 Å². The molecule has 2 amide bonds. The number of hydrazine groups is 1. The SMILES string of the molecule is COC(=O)c1cccc(-c2ccc(/C=C3/C(=O)NN(c4ccccc4)C3=O)o2)c1. The summed E-state index contributed by atoms with van der Waals surface area (Å²) < 4.78 is 10.5. The lowest BCUT2D eigenvalue weighted by molar-refractivity contribution is -0.117. The van der Waals surface area contributed by atoms with Gasteiger partial charge in [0.15, 0.2) is 0 Å². The molecule has 0 saturated carbocycles. The Balaban J connectivity index is 1.60. The molecule has 7 heteroatoms. The fourth-order valence-corrected chi connectivity index (χ4v) is 2.96. The number of hydrogen-bond acceptors (Lipinski definition) is 5. The van der Waals surface area contributed by atoms with Crippen LogP contribution >= 0.6 is 0 Å². The number of esters is 1. The lowest BCUT2D eigenvalue weighted by Crippen LogP contribution is -2.35. The number of carbonyl (C=O) groups is 3. The number of ether oxygens (including phenoxy) is 1. The van der Waals surface area contributed by atoms with Crippen molar-refractivity contribution in [2.24, 2.45) is 0 Å². The summed E-state index contributed by atoms with van der Waals surface area (Å²) in [5.41, 5.74) is 4.14. The first-order valence-corrected chi connectivity index (χ1v) is 8.77. The van der Waals surface area contributed by atoms with E-state index in [1.54, 1.807) is 60.7 Å². The number of amides is 2. The second kappa shape index (κ2) is 7.47. The molecule has 1 aliphatic heterocycles. The predicted molar refractivity (Wildman–Crippen MR) is 106 cm³/mol. The summed E-state index contributed by atoms with van der Waals surface area (Å²) in [5, 5.41) is 1.19. The number of para-hydroxylation sites is 1. The van der Waals surface area contributed by atoms with E-state index in [1.165, 1.54) is 18.2 Å². The molecular weight excluding hydrogens is 372 g/mol. The second-order valence-electron chi connectivity index (χ2n) is 6.25. The van der Waals surface area contributed by atoms with Crippen molar-refractivity contribution in [2.45, 2.75) is 0 Å². The minimum absolute atomic E-state index is 0.0296. The topological polar surface area (TPSA) is 88.9 Å². The van der Waals surface area contributed by atoms with Crippen LogP contribution in [0.5, 0.6) is 0 Å². The Bertz CT molecular complexity index is 1130. The zero-order valence-electron chi connectivity index (χ0n) is 15.4. The van der Waals surface area contributed by atoms with Gasteiger partial charge in [-0.1, -0.05) is 30.3 Å². The van der Waals surface area contributed by atoms with Crippen molar-refractivity contribution >= 4 is 29.5 Å². The van der Waals surface area contributed by atoms with Crippen LogP contribution in [0, 0.1) is 0 Å². The van der Waals surface area contributed by atoms with E-state index < -0.39 is 17.8 Å². The quantitative estimate of drug-likeness (QED) is 0.421. The molecule has 1 N–H and O–H groups in total. The monoisotopic (exact) mass is 388 g/mol. The van der Waals surface area contributed by atoms with Gasteiger partial charge in [0.25, 0.3) is 11.8 Å². The third-order valence-electron chi connectivity index (χ3n) is 4.39. The lowest BCUT2D eigenvalue weighted by Gasteiger charge is -2.13. The average Bonchev–Trinajstić information content (AvgIpc) is 3.34. The lowest BCUT2D eigenvalue weighted by atomic mass is 10.1. The highest BCUT2D eigenvalue weighted by Crippen LogP contribution is 2.26. The summed E-state index contributed by atoms with van der Waals surface area (Å²) in [4.78, 5) is 36.6. The number of methoxy groups -OCH3 is 1. The Kier molecular flexibility index (Phi) is 4.70. The smallest absolute Gasteiger partial charge is 0.337 e. The van der Waals surface area contributed by atoms with E-state index >= 15 is 0 Å². The van der Waals surface area contributed by atoms with Gasteiger partial charge >= 0.3 is 5.97 Å². The van der Waals surface area contributed by atoms with Crippen molar-refractivity contribution in [3.05, 3.63) is 83.6 Å². The number of nitrogens with zero attached hydrogens (tertiary/aromatic N) is 1. The average molecular weight is 388 g/mol. The summed E-state index contributed by atoms with van der Waals surface area (Å²) in [6.45, 7) is 0. The van der Waals surface area contributed by atoms with Crippen LogP contribution in [0.3, 0.4) is 0 Å². The van der Waals surface area contributed by atoms with Gasteiger partial charge in [-0.05, 0) is 42.5 Å². The molecule has 0 radical (unpaired) electrons. The Labute approximate surface area is 166 Å². The third kappa shape index (κ3) is 3.53. The summed E-state index contributed by atoms with van der Waals surface area (Å²) >= 11 is 0. The molecule has 3 aromatic rings. The van der Waals surface area contributed by atoms with Crippen LogP contribution in [0.2, 0.25) is 0 Å². The normalized spacial score (nSPS) is 14.9. The van der Waals surface area contributed by atoms with E-state index in [4.69, 9.17) is 9.15 Å². The van der Waals surface area contributed by atoms with Crippen LogP contribution < -0.4 is 10.4 Å². The molecule has 1 saturated heterocycles. The first-order valence-electron chi connectivity index (χ1n) is 8.77. The van der Waals surface area contributed by atoms with E-state index in [0.29, 0.717) is 28.3 Å². The fourth-order valence-electron chi connectivity index (χ4n) is 2.96. The molecular formula is C22H16N2O5. The summed E-state index contributed by atoms with van der Waals surface area (Å²) in [6.07, 6.45) is 1.40. The number of carbonyl (C=O) groups excluding carboxylic acids is 3. The zero-order chi connectivity index (χ0) is 20.4. The first-order chi connectivity index (χ1) is 14.1. The van der Waals surface area contributed by atoms with Gasteiger partial charge in [-0.15, -0.1) is 0 Å². The minimum atomic E-state index is -0.510. The van der Waals surface area contributed by atoms with Gasteiger partial charge in [-0.25, -0.2) is 9.80 Å². The van der Waals surface area contributed by atoms with Gasteiger partial charge in [0.2, 0.25) is 0 Å². The third-order valence-corrected chi connectivity index (χ3v) is 4.39. The van der Waals surface area contributed by atoms with Crippen LogP contribution in [-0.4, -0.2) is 24.9 Å². The highest BCUT2D eigenvalue weighted by atomic mass is 16.5. The van der Waals surface area contributed by atoms with Gasteiger partial charge in [0, 0.05) is 5.56 Å². The molecule has 1 aromatic heterocycles. The molecule has 0 atom stereocenters. The summed E-state index contributed by atoms with van der Waals surface area (Å²) in [5.74, 6) is -0.587. The van der Waals surface area contributed by atoms with E-state index in [2.05, 4.69) is 5.43 Å². The molecule has 7 nitrogen and oxygen atoms in total. The van der Waals surface area contributed by atoms with E-state index in [9.17, 15) is 14.4 Å². The van der Waals surface area contributed by atoms with E-state index in [1.807, 2.05) is 6.07 Å². The standard InChI is InChI=1S/C22H16N2O5/c1-28-22(27)15-7-5-6-14(12-15)19-11-10-17(29-19)13-18-20(25)23-24(21(18)26)16-8-3-2-4-9-16/h2-13H,1H3,(H,23,25)/b18-13-. The maximum absolute atomic E-state index is 12.6. The highest BCUT2D eigenvalue weighted by Gasteiger charge is 2.34. The van der Waals surface area contributed by atoms with Gasteiger partial charge in [0.05, 0.1) is 18.4 Å². The van der Waals surface area contributed by atoms with Crippen LogP contribution in [0.25, 0.3) is 17.4 Å². The molecule has 0 spiro atoms. The Hall–Kier alpha value is -4.13. The molecule has 1 fully saturated rings. The van der Waals surface area contributed by atoms with Crippen molar-refractivity contribution in [2.75, 3.05) is 12.1 Å². The molecule has 1 aliphatic rings. The van der Waals surface area contributed by atoms with E-state index in [-0.39, 0.29) is 5.57 Å². The molecule has 0 aliphatic carbocycles. The number of rotatable bonds is 4. The highest BCUT2D eigenvalue weighted by molar-refractivity contribution is 6.31. The van der Waals surface area contributed by atoms with Gasteiger partial charge in [-0.3, -0.25) is 15.0 Å². The van der Waals surface area contributed by atoms with Gasteiger partial charge in [-0.2, -0.15) is 0 Å². The van der Waals surface area contributed by atoms with Crippen molar-refractivity contribution in [3.63, 3.8) is 0 Å². The number of nitrogens with one attached hydrogen (secondary N) is 1. The molecule has 2 heterocycles. The molecule has 0 unspecified atom stereocenters. The first kappa shape index (κ1) is 18.2. The molecule has 29 heavy (non-hydrogen) atoms. The van der Waals surface area contributed by atoms with Crippen LogP contribution in [0.15, 0.2) is 76.7 Å². The van der Waals surface area contributed by atoms with Crippen molar-refractivity contribution < 1.29 is 23.5 Å².